The van der Waals surface area contributed by atoms with Crippen LogP contribution >= 0.6 is 12.2 Å². The minimum absolute atomic E-state index is 0.118. The molecule has 0 saturated heterocycles. The van der Waals surface area contributed by atoms with E-state index in [9.17, 15) is 14.9 Å². The molecule has 0 saturated carbocycles. The van der Waals surface area contributed by atoms with Gasteiger partial charge in [-0.15, -0.1) is 0 Å². The first-order valence-corrected chi connectivity index (χ1v) is 9.40. The van der Waals surface area contributed by atoms with E-state index in [1.807, 2.05) is 24.3 Å². The number of anilines is 1. The summed E-state index contributed by atoms with van der Waals surface area (Å²) >= 11 is 5.24. The molecular formula is C20H23N3O4S. The Morgan fingerprint density at radius 1 is 1.25 bits per heavy atom. The van der Waals surface area contributed by atoms with Gasteiger partial charge in [-0.2, -0.15) is 0 Å². The molecule has 28 heavy (non-hydrogen) atoms. The molecule has 0 aliphatic carbocycles. The number of hydrogen-bond donors (Lipinski definition) is 2. The second-order valence-electron chi connectivity index (χ2n) is 6.18. The Hall–Kier alpha value is -3.00. The molecule has 0 aliphatic heterocycles. The lowest BCUT2D eigenvalue weighted by Gasteiger charge is -2.17. The third-order valence-electron chi connectivity index (χ3n) is 4.30. The Labute approximate surface area is 169 Å². The van der Waals surface area contributed by atoms with Gasteiger partial charge in [-0.3, -0.25) is 20.2 Å². The summed E-state index contributed by atoms with van der Waals surface area (Å²) in [6, 6.07) is 11.8. The summed E-state index contributed by atoms with van der Waals surface area (Å²) < 4.78 is 5.23. The van der Waals surface area contributed by atoms with Crippen molar-refractivity contribution in [2.75, 3.05) is 11.9 Å². The van der Waals surface area contributed by atoms with E-state index in [4.69, 9.17) is 17.0 Å². The maximum Gasteiger partial charge on any atom is 0.311 e. The number of nitrogens with zero attached hydrogens (tertiary/aromatic N) is 1. The maximum atomic E-state index is 12.5. The predicted octanol–water partition coefficient (Wildman–Crippen LogP) is 4.63. The molecule has 2 aromatic carbocycles. The lowest BCUT2D eigenvalue weighted by molar-refractivity contribution is -0.385. The Morgan fingerprint density at radius 3 is 2.61 bits per heavy atom. The number of carbonyl (C=O) groups is 1. The molecule has 0 radical (unpaired) electrons. The number of nitro groups is 1. The molecule has 0 aliphatic rings. The van der Waals surface area contributed by atoms with Crippen LogP contribution in [0.1, 0.15) is 49.0 Å². The van der Waals surface area contributed by atoms with E-state index in [2.05, 4.69) is 24.5 Å². The molecule has 0 bridgehead atoms. The first-order valence-electron chi connectivity index (χ1n) is 8.99. The molecule has 8 heteroatoms. The minimum Gasteiger partial charge on any atom is -0.487 e. The van der Waals surface area contributed by atoms with Crippen LogP contribution in [0.15, 0.2) is 42.5 Å². The molecule has 2 rings (SSSR count). The first-order chi connectivity index (χ1) is 13.4. The molecule has 148 valence electrons. The molecule has 0 fully saturated rings. The molecule has 0 spiro atoms. The molecule has 2 aromatic rings. The Kier molecular flexibility index (Phi) is 7.45. The van der Waals surface area contributed by atoms with E-state index < -0.39 is 10.8 Å². The molecule has 2 N–H and O–H groups in total. The normalized spacial score (nSPS) is 11.4. The van der Waals surface area contributed by atoms with Crippen LogP contribution < -0.4 is 15.4 Å². The van der Waals surface area contributed by atoms with E-state index in [1.54, 1.807) is 6.92 Å². The number of carbonyl (C=O) groups excluding carboxylic acids is 1. The average molecular weight is 401 g/mol. The number of para-hydroxylation sites is 1. The highest BCUT2D eigenvalue weighted by Crippen LogP contribution is 2.28. The average Bonchev–Trinajstić information content (AvgIpc) is 2.68. The van der Waals surface area contributed by atoms with Crippen molar-refractivity contribution in [1.82, 2.24) is 5.32 Å². The molecule has 0 heterocycles. The lowest BCUT2D eigenvalue weighted by atomic mass is 9.97. The second-order valence-corrected chi connectivity index (χ2v) is 6.59. The summed E-state index contributed by atoms with van der Waals surface area (Å²) in [6.45, 7) is 6.23. The zero-order chi connectivity index (χ0) is 20.7. The summed E-state index contributed by atoms with van der Waals surface area (Å²) in [4.78, 5) is 23.1. The number of ether oxygens (including phenoxy) is 1. The summed E-state index contributed by atoms with van der Waals surface area (Å²) in [7, 11) is 0. The van der Waals surface area contributed by atoms with Crippen LogP contribution in [0.5, 0.6) is 5.75 Å². The van der Waals surface area contributed by atoms with Gasteiger partial charge in [0.1, 0.15) is 0 Å². The Balaban J connectivity index is 2.14. The topological polar surface area (TPSA) is 93.5 Å². The molecule has 0 unspecified atom stereocenters. The fourth-order valence-corrected chi connectivity index (χ4v) is 2.87. The van der Waals surface area contributed by atoms with Gasteiger partial charge in [0.15, 0.2) is 10.9 Å². The highest BCUT2D eigenvalue weighted by molar-refractivity contribution is 7.80. The van der Waals surface area contributed by atoms with Crippen molar-refractivity contribution in [1.29, 1.82) is 0 Å². The van der Waals surface area contributed by atoms with Crippen LogP contribution in [0, 0.1) is 10.1 Å². The predicted molar refractivity (Wildman–Crippen MR) is 113 cm³/mol. The van der Waals surface area contributed by atoms with Gasteiger partial charge in [-0.25, -0.2) is 0 Å². The number of nitrogens with one attached hydrogen (secondary N) is 2. The zero-order valence-electron chi connectivity index (χ0n) is 16.0. The van der Waals surface area contributed by atoms with Gasteiger partial charge in [0.05, 0.1) is 11.5 Å². The molecule has 1 atom stereocenters. The molecule has 7 nitrogen and oxygen atoms in total. The highest BCUT2D eigenvalue weighted by Gasteiger charge is 2.19. The van der Waals surface area contributed by atoms with E-state index in [0.29, 0.717) is 5.92 Å². The summed E-state index contributed by atoms with van der Waals surface area (Å²) in [5.74, 6) is -0.0899. The van der Waals surface area contributed by atoms with Crippen molar-refractivity contribution in [3.63, 3.8) is 0 Å². The van der Waals surface area contributed by atoms with Crippen LogP contribution in [0.2, 0.25) is 0 Å². The van der Waals surface area contributed by atoms with Crippen LogP contribution in [0.3, 0.4) is 0 Å². The molecule has 1 amide bonds. The van der Waals surface area contributed by atoms with Crippen molar-refractivity contribution in [2.24, 2.45) is 0 Å². The van der Waals surface area contributed by atoms with E-state index in [-0.39, 0.29) is 28.7 Å². The van der Waals surface area contributed by atoms with Gasteiger partial charge in [0.2, 0.25) is 0 Å². The minimum atomic E-state index is -0.583. The summed E-state index contributed by atoms with van der Waals surface area (Å²) in [6.07, 6.45) is 0.966. The van der Waals surface area contributed by atoms with Gasteiger partial charge < -0.3 is 10.1 Å². The lowest BCUT2D eigenvalue weighted by Crippen LogP contribution is -2.34. The van der Waals surface area contributed by atoms with E-state index >= 15 is 0 Å². The molecule has 0 aromatic heterocycles. The van der Waals surface area contributed by atoms with Crippen molar-refractivity contribution in [3.05, 3.63) is 63.7 Å². The number of rotatable bonds is 7. The fraction of sp³-hybridized carbons (Fsp3) is 0.300. The first kappa shape index (κ1) is 21.3. The number of benzene rings is 2. The maximum absolute atomic E-state index is 12.5. The fourth-order valence-electron chi connectivity index (χ4n) is 2.67. The van der Waals surface area contributed by atoms with Crippen molar-refractivity contribution < 1.29 is 14.5 Å². The Bertz CT molecular complexity index is 886. The monoisotopic (exact) mass is 401 g/mol. The summed E-state index contributed by atoms with van der Waals surface area (Å²) in [5, 5.41) is 16.9. The number of hydrogen-bond acceptors (Lipinski definition) is 5. The summed E-state index contributed by atoms with van der Waals surface area (Å²) in [5.41, 5.74) is 1.77. The second kappa shape index (κ2) is 9.80. The third-order valence-corrected chi connectivity index (χ3v) is 4.50. The van der Waals surface area contributed by atoms with Crippen LogP contribution in [-0.4, -0.2) is 22.5 Å². The van der Waals surface area contributed by atoms with Crippen LogP contribution in [0.25, 0.3) is 0 Å². The number of amides is 1. The quantitative estimate of drug-likeness (QED) is 0.399. The van der Waals surface area contributed by atoms with Gasteiger partial charge in [0.25, 0.3) is 5.91 Å². The van der Waals surface area contributed by atoms with Gasteiger partial charge in [0, 0.05) is 17.3 Å². The third kappa shape index (κ3) is 5.26. The van der Waals surface area contributed by atoms with Crippen LogP contribution in [0.4, 0.5) is 11.4 Å². The highest BCUT2D eigenvalue weighted by atomic mass is 32.1. The smallest absolute Gasteiger partial charge is 0.311 e. The largest absolute Gasteiger partial charge is 0.487 e. The van der Waals surface area contributed by atoms with Crippen molar-refractivity contribution in [3.8, 4) is 5.75 Å². The van der Waals surface area contributed by atoms with Gasteiger partial charge >= 0.3 is 5.69 Å². The van der Waals surface area contributed by atoms with E-state index in [1.165, 1.54) is 18.2 Å². The number of thiocarbonyl (C=S) groups is 1. The van der Waals surface area contributed by atoms with E-state index in [0.717, 1.165) is 17.7 Å². The van der Waals surface area contributed by atoms with Gasteiger partial charge in [-0.1, -0.05) is 32.0 Å². The zero-order valence-corrected chi connectivity index (χ0v) is 16.8. The van der Waals surface area contributed by atoms with Crippen molar-refractivity contribution >= 4 is 34.6 Å². The van der Waals surface area contributed by atoms with Crippen molar-refractivity contribution in [2.45, 2.75) is 33.1 Å². The standard InChI is InChI=1S/C20H23N3O4S/c1-4-13(3)15-8-6-7-9-16(15)21-20(28)22-19(24)14-10-11-18(27-5-2)17(12-14)23(25)26/h6-13H,4-5H2,1-3H3,(H2,21,22,24,28)/t13-/m1/s1. The number of nitro benzene ring substituents is 1. The molecular weight excluding hydrogens is 378 g/mol. The Morgan fingerprint density at radius 2 is 1.96 bits per heavy atom. The SMILES string of the molecule is CCOc1ccc(C(=O)NC(=S)Nc2ccccc2[C@H](C)CC)cc1[N+](=O)[O-]. The van der Waals surface area contributed by atoms with Gasteiger partial charge in [-0.05, 0) is 55.2 Å². The van der Waals surface area contributed by atoms with Crippen LogP contribution in [-0.2, 0) is 0 Å².